The van der Waals surface area contributed by atoms with Crippen LogP contribution in [0.4, 0.5) is 0 Å². The molecule has 4 atom stereocenters. The second-order valence-electron chi connectivity index (χ2n) is 6.72. The molecule has 0 amide bonds. The van der Waals surface area contributed by atoms with Crippen molar-refractivity contribution in [2.45, 2.75) is 43.8 Å². The predicted molar refractivity (Wildman–Crippen MR) is 84.2 cm³/mol. The van der Waals surface area contributed by atoms with E-state index in [1.165, 1.54) is 0 Å². The molecule has 1 aliphatic heterocycles. The number of esters is 1. The van der Waals surface area contributed by atoms with Crippen LogP contribution in [-0.2, 0) is 20.3 Å². The highest BCUT2D eigenvalue weighted by atomic mass is 32.2. The van der Waals surface area contributed by atoms with Gasteiger partial charge in [-0.3, -0.25) is 4.21 Å². The number of carbonyl (C=O) groups excluding carboxylic acids is 1. The average molecular weight is 322 g/mol. The maximum Gasteiger partial charge on any atom is 0.338 e. The van der Waals surface area contributed by atoms with Crippen molar-refractivity contribution in [1.29, 1.82) is 0 Å². The van der Waals surface area contributed by atoms with Gasteiger partial charge in [0.25, 0.3) is 0 Å². The molecule has 2 fully saturated rings. The Labute approximate surface area is 133 Å². The van der Waals surface area contributed by atoms with E-state index < -0.39 is 10.8 Å². The van der Waals surface area contributed by atoms with Crippen LogP contribution in [0.5, 0.6) is 0 Å². The van der Waals surface area contributed by atoms with Gasteiger partial charge in [0, 0.05) is 39.9 Å². The number of rotatable bonds is 3. The van der Waals surface area contributed by atoms with E-state index in [0.717, 1.165) is 19.4 Å². The van der Waals surface area contributed by atoms with Crippen LogP contribution in [0.3, 0.4) is 0 Å². The fraction of sp³-hybridized carbons (Fsp3) is 0.588. The van der Waals surface area contributed by atoms with Crippen molar-refractivity contribution in [1.82, 2.24) is 0 Å². The van der Waals surface area contributed by atoms with E-state index in [4.69, 9.17) is 9.47 Å². The first-order valence-electron chi connectivity index (χ1n) is 7.67. The molecular formula is C17H22O4S. The second-order valence-corrected chi connectivity index (χ2v) is 8.10. The Morgan fingerprint density at radius 2 is 2.00 bits per heavy atom. The first kappa shape index (κ1) is 15.7. The summed E-state index contributed by atoms with van der Waals surface area (Å²) in [5.41, 5.74) is 0.371. The molecule has 0 unspecified atom stereocenters. The van der Waals surface area contributed by atoms with Crippen LogP contribution in [0.15, 0.2) is 29.2 Å². The van der Waals surface area contributed by atoms with E-state index in [1.807, 2.05) is 0 Å². The standard InChI is InChI=1S/C17H22O4S/c1-17(2)14-13(5-4-10-20-14)15(17)21-16(18)11-6-8-12(9-7-11)22(3)19/h6-9,13-15H,4-5,10H2,1-3H3/t13-,14+,15+,22-/m0/s1. The summed E-state index contributed by atoms with van der Waals surface area (Å²) in [7, 11) is -1.04. The lowest BCUT2D eigenvalue weighted by molar-refractivity contribution is -0.243. The summed E-state index contributed by atoms with van der Waals surface area (Å²) in [5, 5.41) is 0. The van der Waals surface area contributed by atoms with Crippen LogP contribution < -0.4 is 0 Å². The summed E-state index contributed by atoms with van der Waals surface area (Å²) in [4.78, 5) is 13.1. The van der Waals surface area contributed by atoms with Crippen molar-refractivity contribution < 1.29 is 18.5 Å². The Hall–Kier alpha value is -1.20. The maximum atomic E-state index is 12.4. The molecule has 4 nitrogen and oxygen atoms in total. The molecule has 0 N–H and O–H groups in total. The normalized spacial score (nSPS) is 30.8. The average Bonchev–Trinajstić information content (AvgIpc) is 2.52. The molecule has 1 saturated heterocycles. The summed E-state index contributed by atoms with van der Waals surface area (Å²) in [5.74, 6) is 0.00523. The van der Waals surface area contributed by atoms with Gasteiger partial charge in [-0.1, -0.05) is 13.8 Å². The molecule has 1 heterocycles. The maximum absolute atomic E-state index is 12.4. The van der Waals surface area contributed by atoms with E-state index in [0.29, 0.717) is 16.4 Å². The smallest absolute Gasteiger partial charge is 0.338 e. The van der Waals surface area contributed by atoms with Gasteiger partial charge < -0.3 is 9.47 Å². The number of ether oxygens (including phenoxy) is 2. The van der Waals surface area contributed by atoms with Crippen molar-refractivity contribution in [3.05, 3.63) is 29.8 Å². The quantitative estimate of drug-likeness (QED) is 0.803. The topological polar surface area (TPSA) is 52.6 Å². The van der Waals surface area contributed by atoms with Crippen LogP contribution in [0.1, 0.15) is 37.0 Å². The lowest BCUT2D eigenvalue weighted by atomic mass is 9.57. The van der Waals surface area contributed by atoms with Crippen molar-refractivity contribution in [2.24, 2.45) is 11.3 Å². The molecule has 1 aliphatic carbocycles. The molecule has 1 aromatic rings. The molecule has 1 aromatic carbocycles. The van der Waals surface area contributed by atoms with E-state index in [9.17, 15) is 9.00 Å². The predicted octanol–water partition coefficient (Wildman–Crippen LogP) is 2.78. The van der Waals surface area contributed by atoms with Crippen LogP contribution in [-0.4, -0.2) is 35.2 Å². The zero-order valence-corrected chi connectivity index (χ0v) is 14.0. The third-order valence-corrected chi connectivity index (χ3v) is 5.82. The van der Waals surface area contributed by atoms with Gasteiger partial charge in [-0.2, -0.15) is 0 Å². The minimum absolute atomic E-state index is 0.0923. The molecule has 0 spiro atoms. The van der Waals surface area contributed by atoms with Gasteiger partial charge in [0.2, 0.25) is 0 Å². The van der Waals surface area contributed by atoms with Gasteiger partial charge in [-0.15, -0.1) is 0 Å². The summed E-state index contributed by atoms with van der Waals surface area (Å²) >= 11 is 0. The molecule has 3 rings (SSSR count). The molecule has 0 bridgehead atoms. The lowest BCUT2D eigenvalue weighted by Crippen LogP contribution is -2.65. The largest absolute Gasteiger partial charge is 0.458 e. The van der Waals surface area contributed by atoms with Crippen molar-refractivity contribution in [3.8, 4) is 0 Å². The highest BCUT2D eigenvalue weighted by molar-refractivity contribution is 7.84. The Morgan fingerprint density at radius 3 is 2.64 bits per heavy atom. The molecule has 120 valence electrons. The third kappa shape index (κ3) is 2.61. The Morgan fingerprint density at radius 1 is 1.32 bits per heavy atom. The van der Waals surface area contributed by atoms with Crippen molar-refractivity contribution >= 4 is 16.8 Å². The molecule has 1 saturated carbocycles. The summed E-state index contributed by atoms with van der Waals surface area (Å²) < 4.78 is 23.0. The fourth-order valence-corrected chi connectivity index (χ4v) is 4.20. The number of carbonyl (C=O) groups is 1. The van der Waals surface area contributed by atoms with Gasteiger partial charge in [0.1, 0.15) is 6.10 Å². The van der Waals surface area contributed by atoms with E-state index in [2.05, 4.69) is 13.8 Å². The van der Waals surface area contributed by atoms with E-state index in [-0.39, 0.29) is 23.6 Å². The summed E-state index contributed by atoms with van der Waals surface area (Å²) in [6.07, 6.45) is 3.81. The number of hydrogen-bond acceptors (Lipinski definition) is 4. The SMILES string of the molecule is C[S@](=O)c1ccc(C(=O)O[C@@H]2[C@H]3CCCO[C@H]3C2(C)C)cc1. The Kier molecular flexibility index (Phi) is 4.12. The van der Waals surface area contributed by atoms with Crippen LogP contribution >= 0.6 is 0 Å². The second kappa shape index (κ2) is 5.78. The fourth-order valence-electron chi connectivity index (χ4n) is 3.68. The third-order valence-electron chi connectivity index (χ3n) is 4.88. The Balaban J connectivity index is 1.70. The monoisotopic (exact) mass is 322 g/mol. The van der Waals surface area contributed by atoms with Gasteiger partial charge >= 0.3 is 5.97 Å². The molecule has 2 aliphatic rings. The zero-order chi connectivity index (χ0) is 15.9. The highest BCUT2D eigenvalue weighted by Gasteiger charge is 2.60. The van der Waals surface area contributed by atoms with Crippen LogP contribution in [0.2, 0.25) is 0 Å². The van der Waals surface area contributed by atoms with Gasteiger partial charge in [0.05, 0.1) is 11.7 Å². The molecular weight excluding hydrogens is 300 g/mol. The van der Waals surface area contributed by atoms with Gasteiger partial charge in [-0.05, 0) is 37.1 Å². The Bertz CT molecular complexity index is 593. The molecule has 5 heteroatoms. The lowest BCUT2D eigenvalue weighted by Gasteiger charge is -2.58. The van der Waals surface area contributed by atoms with Gasteiger partial charge in [0.15, 0.2) is 0 Å². The first-order valence-corrected chi connectivity index (χ1v) is 9.23. The molecule has 0 aromatic heterocycles. The van der Waals surface area contributed by atoms with Gasteiger partial charge in [-0.25, -0.2) is 4.79 Å². The van der Waals surface area contributed by atoms with Crippen LogP contribution in [0, 0.1) is 11.3 Å². The first-order chi connectivity index (χ1) is 10.4. The van der Waals surface area contributed by atoms with Crippen molar-refractivity contribution in [2.75, 3.05) is 12.9 Å². The van der Waals surface area contributed by atoms with Crippen LogP contribution in [0.25, 0.3) is 0 Å². The van der Waals surface area contributed by atoms with E-state index in [1.54, 1.807) is 30.5 Å². The van der Waals surface area contributed by atoms with Crippen molar-refractivity contribution in [3.63, 3.8) is 0 Å². The minimum Gasteiger partial charge on any atom is -0.458 e. The minimum atomic E-state index is -1.04. The number of hydrogen-bond donors (Lipinski definition) is 0. The highest BCUT2D eigenvalue weighted by Crippen LogP contribution is 2.53. The molecule has 0 radical (unpaired) electrons. The number of benzene rings is 1. The summed E-state index contributed by atoms with van der Waals surface area (Å²) in [6.45, 7) is 5.00. The number of fused-ring (bicyclic) bond motifs is 1. The summed E-state index contributed by atoms with van der Waals surface area (Å²) in [6, 6.07) is 6.79. The van der Waals surface area contributed by atoms with E-state index >= 15 is 0 Å². The zero-order valence-electron chi connectivity index (χ0n) is 13.2. The molecule has 22 heavy (non-hydrogen) atoms.